The van der Waals surface area contributed by atoms with E-state index in [0.717, 1.165) is 25.1 Å². The molecule has 0 bridgehead atoms. The number of ether oxygens (including phenoxy) is 1. The Hall–Kier alpha value is -0.800. The Morgan fingerprint density at radius 2 is 2.33 bits per heavy atom. The Bertz CT molecular complexity index is 338. The third kappa shape index (κ3) is 2.08. The molecule has 0 aliphatic carbocycles. The van der Waals surface area contributed by atoms with E-state index in [4.69, 9.17) is 4.74 Å². The first-order chi connectivity index (χ1) is 7.22. The van der Waals surface area contributed by atoms with Crippen LogP contribution in [-0.4, -0.2) is 22.4 Å². The van der Waals surface area contributed by atoms with Gasteiger partial charge >= 0.3 is 0 Å². The molecule has 0 amide bonds. The van der Waals surface area contributed by atoms with Crippen LogP contribution in [0.25, 0.3) is 0 Å². The second-order valence-electron chi connectivity index (χ2n) is 4.30. The molecule has 3 nitrogen and oxygen atoms in total. The molecule has 2 heterocycles. The average Bonchev–Trinajstić information content (AvgIpc) is 2.81. The van der Waals surface area contributed by atoms with E-state index in [2.05, 4.69) is 24.5 Å². The molecular weight excluding hydrogens is 190 g/mol. The number of nitrogens with zero attached hydrogens (tertiary/aromatic N) is 1. The lowest BCUT2D eigenvalue weighted by atomic mass is 10.2. The van der Waals surface area contributed by atoms with Gasteiger partial charge in [0.1, 0.15) is 0 Å². The number of aliphatic hydroxyl groups is 1. The molecule has 1 atom stereocenters. The maximum Gasteiger partial charge on any atom is 0.0754 e. The van der Waals surface area contributed by atoms with Crippen molar-refractivity contribution in [1.82, 2.24) is 4.57 Å². The molecule has 1 aromatic rings. The highest BCUT2D eigenvalue weighted by atomic mass is 16.5. The van der Waals surface area contributed by atoms with Crippen LogP contribution in [0.15, 0.2) is 6.07 Å². The van der Waals surface area contributed by atoms with Crippen LogP contribution in [0.3, 0.4) is 0 Å². The van der Waals surface area contributed by atoms with Crippen molar-refractivity contribution in [3.63, 3.8) is 0 Å². The van der Waals surface area contributed by atoms with Gasteiger partial charge in [0.15, 0.2) is 0 Å². The minimum Gasteiger partial charge on any atom is -0.392 e. The molecule has 15 heavy (non-hydrogen) atoms. The molecule has 1 aromatic heterocycles. The Kier molecular flexibility index (Phi) is 3.12. The lowest BCUT2D eigenvalue weighted by molar-refractivity contribution is 0.0961. The average molecular weight is 209 g/mol. The summed E-state index contributed by atoms with van der Waals surface area (Å²) in [6.45, 7) is 6.11. The third-order valence-electron chi connectivity index (χ3n) is 3.26. The third-order valence-corrected chi connectivity index (χ3v) is 3.26. The Morgan fingerprint density at radius 1 is 1.53 bits per heavy atom. The van der Waals surface area contributed by atoms with Gasteiger partial charge in [-0.25, -0.2) is 0 Å². The standard InChI is InChI=1S/C12H19NO2/c1-9-6-11(8-14)10(2)13(9)7-12-4-3-5-15-12/h6,12,14H,3-5,7-8H2,1-2H3. The van der Waals surface area contributed by atoms with Gasteiger partial charge < -0.3 is 14.4 Å². The number of aromatic nitrogens is 1. The van der Waals surface area contributed by atoms with Crippen LogP contribution in [0, 0.1) is 13.8 Å². The van der Waals surface area contributed by atoms with E-state index < -0.39 is 0 Å². The second kappa shape index (κ2) is 4.37. The van der Waals surface area contributed by atoms with Crippen LogP contribution in [0.1, 0.15) is 29.8 Å². The lowest BCUT2D eigenvalue weighted by Gasteiger charge is -2.14. The van der Waals surface area contributed by atoms with Crippen molar-refractivity contribution >= 4 is 0 Å². The summed E-state index contributed by atoms with van der Waals surface area (Å²) in [5, 5.41) is 9.17. The Labute approximate surface area is 90.7 Å². The molecular formula is C12H19NO2. The molecule has 1 unspecified atom stereocenters. The fourth-order valence-electron chi connectivity index (χ4n) is 2.31. The van der Waals surface area contributed by atoms with Gasteiger partial charge in [0.25, 0.3) is 0 Å². The van der Waals surface area contributed by atoms with Crippen LogP contribution in [0.2, 0.25) is 0 Å². The van der Waals surface area contributed by atoms with Crippen LogP contribution in [0.5, 0.6) is 0 Å². The van der Waals surface area contributed by atoms with E-state index in [1.807, 2.05) is 0 Å². The summed E-state index contributed by atoms with van der Waals surface area (Å²) in [6.07, 6.45) is 2.70. The van der Waals surface area contributed by atoms with E-state index in [9.17, 15) is 5.11 Å². The van der Waals surface area contributed by atoms with Gasteiger partial charge in [-0.3, -0.25) is 0 Å². The summed E-state index contributed by atoms with van der Waals surface area (Å²) in [5.74, 6) is 0. The molecule has 1 fully saturated rings. The number of hydrogen-bond donors (Lipinski definition) is 1. The molecule has 1 saturated heterocycles. The van der Waals surface area contributed by atoms with Crippen molar-refractivity contribution in [3.05, 3.63) is 23.0 Å². The number of aryl methyl sites for hydroxylation is 1. The molecule has 0 saturated carbocycles. The van der Waals surface area contributed by atoms with Gasteiger partial charge in [0, 0.05) is 24.5 Å². The van der Waals surface area contributed by atoms with Crippen molar-refractivity contribution < 1.29 is 9.84 Å². The fraction of sp³-hybridized carbons (Fsp3) is 0.667. The topological polar surface area (TPSA) is 34.4 Å². The van der Waals surface area contributed by atoms with Crippen molar-refractivity contribution in [1.29, 1.82) is 0 Å². The van der Waals surface area contributed by atoms with Crippen LogP contribution >= 0.6 is 0 Å². The lowest BCUT2D eigenvalue weighted by Crippen LogP contribution is -2.16. The molecule has 3 heteroatoms. The minimum atomic E-state index is 0.130. The molecule has 1 N–H and O–H groups in total. The highest BCUT2D eigenvalue weighted by molar-refractivity contribution is 5.26. The summed E-state index contributed by atoms with van der Waals surface area (Å²) < 4.78 is 7.88. The van der Waals surface area contributed by atoms with E-state index >= 15 is 0 Å². The SMILES string of the molecule is Cc1cc(CO)c(C)n1CC1CCCO1. The summed E-state index contributed by atoms with van der Waals surface area (Å²) in [4.78, 5) is 0. The number of hydrogen-bond acceptors (Lipinski definition) is 2. The van der Waals surface area contributed by atoms with Crippen molar-refractivity contribution in [2.45, 2.75) is 45.9 Å². The Balaban J connectivity index is 2.15. The number of aliphatic hydroxyl groups excluding tert-OH is 1. The zero-order valence-corrected chi connectivity index (χ0v) is 9.49. The van der Waals surface area contributed by atoms with Gasteiger partial charge in [-0.15, -0.1) is 0 Å². The zero-order valence-electron chi connectivity index (χ0n) is 9.49. The summed E-state index contributed by atoms with van der Waals surface area (Å²) in [7, 11) is 0. The maximum absolute atomic E-state index is 9.17. The molecule has 1 aliphatic heterocycles. The predicted octanol–water partition coefficient (Wildman–Crippen LogP) is 1.78. The maximum atomic E-state index is 9.17. The van der Waals surface area contributed by atoms with Gasteiger partial charge in [-0.05, 0) is 38.3 Å². The van der Waals surface area contributed by atoms with Crippen LogP contribution in [0.4, 0.5) is 0 Å². The van der Waals surface area contributed by atoms with E-state index in [0.29, 0.717) is 6.10 Å². The highest BCUT2D eigenvalue weighted by Crippen LogP contribution is 2.20. The highest BCUT2D eigenvalue weighted by Gasteiger charge is 2.18. The first kappa shape index (κ1) is 10.7. The summed E-state index contributed by atoms with van der Waals surface area (Å²) in [6, 6.07) is 2.06. The first-order valence-corrected chi connectivity index (χ1v) is 5.60. The van der Waals surface area contributed by atoms with E-state index in [1.165, 1.54) is 17.8 Å². The van der Waals surface area contributed by atoms with Crippen LogP contribution in [-0.2, 0) is 17.9 Å². The van der Waals surface area contributed by atoms with E-state index in [1.54, 1.807) is 0 Å². The normalized spacial score (nSPS) is 21.1. The molecule has 2 rings (SSSR count). The van der Waals surface area contributed by atoms with Gasteiger partial charge in [-0.1, -0.05) is 0 Å². The van der Waals surface area contributed by atoms with Crippen molar-refractivity contribution in [2.24, 2.45) is 0 Å². The predicted molar refractivity (Wildman–Crippen MR) is 58.8 cm³/mol. The molecule has 84 valence electrons. The minimum absolute atomic E-state index is 0.130. The summed E-state index contributed by atoms with van der Waals surface area (Å²) in [5.41, 5.74) is 3.42. The van der Waals surface area contributed by atoms with Gasteiger partial charge in [0.2, 0.25) is 0 Å². The smallest absolute Gasteiger partial charge is 0.0754 e. The largest absolute Gasteiger partial charge is 0.392 e. The molecule has 0 aromatic carbocycles. The summed E-state index contributed by atoms with van der Waals surface area (Å²) >= 11 is 0. The molecule has 0 radical (unpaired) electrons. The van der Waals surface area contributed by atoms with Crippen molar-refractivity contribution in [2.75, 3.05) is 6.61 Å². The number of rotatable bonds is 3. The monoisotopic (exact) mass is 209 g/mol. The van der Waals surface area contributed by atoms with Gasteiger partial charge in [0.05, 0.1) is 12.7 Å². The molecule has 1 aliphatic rings. The molecule has 0 spiro atoms. The Morgan fingerprint density at radius 3 is 2.87 bits per heavy atom. The first-order valence-electron chi connectivity index (χ1n) is 5.60. The zero-order chi connectivity index (χ0) is 10.8. The second-order valence-corrected chi connectivity index (χ2v) is 4.30. The quantitative estimate of drug-likeness (QED) is 0.823. The van der Waals surface area contributed by atoms with Crippen LogP contribution < -0.4 is 0 Å². The van der Waals surface area contributed by atoms with E-state index in [-0.39, 0.29) is 6.61 Å². The van der Waals surface area contributed by atoms with Crippen molar-refractivity contribution in [3.8, 4) is 0 Å². The van der Waals surface area contributed by atoms with Gasteiger partial charge in [-0.2, -0.15) is 0 Å². The fourth-order valence-corrected chi connectivity index (χ4v) is 2.31.